The van der Waals surface area contributed by atoms with E-state index in [1.807, 2.05) is 26.0 Å². The topological polar surface area (TPSA) is 64.1 Å². The van der Waals surface area contributed by atoms with Gasteiger partial charge in [-0.1, -0.05) is 0 Å². The van der Waals surface area contributed by atoms with E-state index in [2.05, 4.69) is 31.8 Å². The Hall–Kier alpha value is -1.38. The lowest BCUT2D eigenvalue weighted by Gasteiger charge is -2.14. The third-order valence-corrected chi connectivity index (χ3v) is 3.51. The zero-order chi connectivity index (χ0) is 17.2. The van der Waals surface area contributed by atoms with Crippen LogP contribution in [0.1, 0.15) is 19.4 Å². The Morgan fingerprint density at radius 2 is 2.17 bits per heavy atom. The van der Waals surface area contributed by atoms with Gasteiger partial charge in [-0.3, -0.25) is 5.43 Å². The molecular formula is C15H22BrN3O3S. The minimum absolute atomic E-state index is 0.106. The summed E-state index contributed by atoms with van der Waals surface area (Å²) in [6, 6.07) is 3.84. The number of halogens is 1. The van der Waals surface area contributed by atoms with E-state index in [9.17, 15) is 0 Å². The second-order valence-electron chi connectivity index (χ2n) is 4.67. The molecule has 0 aromatic heterocycles. The highest BCUT2D eigenvalue weighted by Gasteiger charge is 2.10. The maximum absolute atomic E-state index is 5.55. The highest BCUT2D eigenvalue weighted by atomic mass is 79.9. The number of nitrogens with one attached hydrogen (secondary N) is 2. The standard InChI is InChI=1S/C15H22BrN3O3S/c1-5-22-14-12(16)6-11(7-13(14)21-4)8-17-19-15(23)18-10(2)9-20-3/h6-8,10H,5,9H2,1-4H3,(H2,18,19,23)/b17-8-/t10-/m1/s1. The molecule has 0 saturated carbocycles. The molecular weight excluding hydrogens is 382 g/mol. The molecule has 128 valence electrons. The second-order valence-corrected chi connectivity index (χ2v) is 5.93. The SMILES string of the molecule is CCOc1c(Br)cc(/C=N\NC(=S)N[C@H](C)COC)cc1OC. The van der Waals surface area contributed by atoms with Crippen LogP contribution in [0.25, 0.3) is 0 Å². The largest absolute Gasteiger partial charge is 0.493 e. The van der Waals surface area contributed by atoms with Gasteiger partial charge in [-0.15, -0.1) is 0 Å². The zero-order valence-electron chi connectivity index (χ0n) is 13.7. The summed E-state index contributed by atoms with van der Waals surface area (Å²) in [6.45, 7) is 5.01. The van der Waals surface area contributed by atoms with Crippen molar-refractivity contribution in [2.24, 2.45) is 5.10 Å². The first-order chi connectivity index (χ1) is 11.0. The van der Waals surface area contributed by atoms with Crippen molar-refractivity contribution < 1.29 is 14.2 Å². The molecule has 0 radical (unpaired) electrons. The van der Waals surface area contributed by atoms with Gasteiger partial charge in [-0.25, -0.2) is 0 Å². The summed E-state index contributed by atoms with van der Waals surface area (Å²) in [5, 5.41) is 7.60. The number of hydrazone groups is 1. The lowest BCUT2D eigenvalue weighted by Crippen LogP contribution is -2.40. The lowest BCUT2D eigenvalue weighted by molar-refractivity contribution is 0.179. The Morgan fingerprint density at radius 3 is 2.78 bits per heavy atom. The van der Waals surface area contributed by atoms with Crippen LogP contribution in [0.15, 0.2) is 21.7 Å². The quantitative estimate of drug-likeness (QED) is 0.395. The minimum atomic E-state index is 0.106. The summed E-state index contributed by atoms with van der Waals surface area (Å²) in [5.74, 6) is 1.31. The molecule has 0 fully saturated rings. The summed E-state index contributed by atoms with van der Waals surface area (Å²) >= 11 is 8.62. The number of benzene rings is 1. The van der Waals surface area contributed by atoms with Gasteiger partial charge in [0, 0.05) is 13.2 Å². The molecule has 1 aromatic rings. The predicted octanol–water partition coefficient (Wildman–Crippen LogP) is 2.69. The van der Waals surface area contributed by atoms with Crippen LogP contribution in [-0.2, 0) is 4.74 Å². The maximum atomic E-state index is 5.55. The second kappa shape index (κ2) is 10.4. The van der Waals surface area contributed by atoms with Crippen LogP contribution < -0.4 is 20.2 Å². The summed E-state index contributed by atoms with van der Waals surface area (Å²) in [5.41, 5.74) is 3.61. The summed E-state index contributed by atoms with van der Waals surface area (Å²) in [4.78, 5) is 0. The zero-order valence-corrected chi connectivity index (χ0v) is 16.1. The number of thiocarbonyl (C=S) groups is 1. The molecule has 0 unspecified atom stereocenters. The highest BCUT2D eigenvalue weighted by molar-refractivity contribution is 9.10. The number of rotatable bonds is 8. The van der Waals surface area contributed by atoms with Crippen molar-refractivity contribution in [1.82, 2.24) is 10.7 Å². The van der Waals surface area contributed by atoms with Crippen molar-refractivity contribution in [2.45, 2.75) is 19.9 Å². The van der Waals surface area contributed by atoms with Gasteiger partial charge in [-0.2, -0.15) is 5.10 Å². The average Bonchev–Trinajstić information content (AvgIpc) is 2.49. The molecule has 0 saturated heterocycles. The number of hydrogen-bond acceptors (Lipinski definition) is 5. The molecule has 0 heterocycles. The van der Waals surface area contributed by atoms with Crippen LogP contribution in [0.4, 0.5) is 0 Å². The number of hydrogen-bond donors (Lipinski definition) is 2. The fourth-order valence-electron chi connectivity index (χ4n) is 1.81. The van der Waals surface area contributed by atoms with Gasteiger partial charge in [0.05, 0.1) is 31.0 Å². The number of methoxy groups -OCH3 is 2. The fraction of sp³-hybridized carbons (Fsp3) is 0.467. The molecule has 8 heteroatoms. The van der Waals surface area contributed by atoms with Gasteiger partial charge in [0.25, 0.3) is 0 Å². The van der Waals surface area contributed by atoms with Gasteiger partial charge in [-0.05, 0) is 59.7 Å². The van der Waals surface area contributed by atoms with E-state index >= 15 is 0 Å². The van der Waals surface area contributed by atoms with Crippen molar-refractivity contribution in [2.75, 3.05) is 27.4 Å². The van der Waals surface area contributed by atoms with Crippen molar-refractivity contribution in [1.29, 1.82) is 0 Å². The molecule has 1 aromatic carbocycles. The number of nitrogens with zero attached hydrogens (tertiary/aromatic N) is 1. The highest BCUT2D eigenvalue weighted by Crippen LogP contribution is 2.36. The van der Waals surface area contributed by atoms with E-state index in [1.165, 1.54) is 0 Å². The first-order valence-electron chi connectivity index (χ1n) is 7.10. The van der Waals surface area contributed by atoms with E-state index in [0.29, 0.717) is 29.8 Å². The molecule has 0 aliphatic heterocycles. The Balaban J connectivity index is 2.70. The molecule has 1 rings (SSSR count). The maximum Gasteiger partial charge on any atom is 0.187 e. The molecule has 0 amide bonds. The Bertz CT molecular complexity index is 555. The van der Waals surface area contributed by atoms with Crippen LogP contribution in [0.5, 0.6) is 11.5 Å². The van der Waals surface area contributed by atoms with E-state index in [1.54, 1.807) is 20.4 Å². The van der Waals surface area contributed by atoms with Crippen molar-refractivity contribution >= 4 is 39.5 Å². The molecule has 0 aliphatic carbocycles. The third-order valence-electron chi connectivity index (χ3n) is 2.71. The van der Waals surface area contributed by atoms with E-state index in [4.69, 9.17) is 26.4 Å². The van der Waals surface area contributed by atoms with Gasteiger partial charge in [0.15, 0.2) is 16.6 Å². The molecule has 1 atom stereocenters. The molecule has 2 N–H and O–H groups in total. The van der Waals surface area contributed by atoms with Crippen molar-refractivity contribution in [3.63, 3.8) is 0 Å². The van der Waals surface area contributed by atoms with Gasteiger partial charge in [0.1, 0.15) is 0 Å². The molecule has 0 spiro atoms. The smallest absolute Gasteiger partial charge is 0.187 e. The Labute approximate surface area is 150 Å². The minimum Gasteiger partial charge on any atom is -0.493 e. The van der Waals surface area contributed by atoms with Gasteiger partial charge >= 0.3 is 0 Å². The Morgan fingerprint density at radius 1 is 1.43 bits per heavy atom. The summed E-state index contributed by atoms with van der Waals surface area (Å²) in [6.07, 6.45) is 1.65. The third kappa shape index (κ3) is 6.72. The van der Waals surface area contributed by atoms with Crippen LogP contribution in [-0.4, -0.2) is 44.8 Å². The van der Waals surface area contributed by atoms with E-state index < -0.39 is 0 Å². The van der Waals surface area contributed by atoms with Gasteiger partial charge < -0.3 is 19.5 Å². The molecule has 0 aliphatic rings. The normalized spacial score (nSPS) is 12.0. The average molecular weight is 404 g/mol. The monoisotopic (exact) mass is 403 g/mol. The van der Waals surface area contributed by atoms with E-state index in [0.717, 1.165) is 10.0 Å². The lowest BCUT2D eigenvalue weighted by atomic mass is 10.2. The first-order valence-corrected chi connectivity index (χ1v) is 8.30. The van der Waals surface area contributed by atoms with E-state index in [-0.39, 0.29) is 6.04 Å². The van der Waals surface area contributed by atoms with Crippen molar-refractivity contribution in [3.8, 4) is 11.5 Å². The Kier molecular flexibility index (Phi) is 8.90. The summed E-state index contributed by atoms with van der Waals surface area (Å²) in [7, 11) is 3.24. The molecule has 6 nitrogen and oxygen atoms in total. The van der Waals surface area contributed by atoms with Crippen LogP contribution in [0.3, 0.4) is 0 Å². The molecule has 23 heavy (non-hydrogen) atoms. The van der Waals surface area contributed by atoms with Crippen LogP contribution >= 0.6 is 28.1 Å². The van der Waals surface area contributed by atoms with Crippen molar-refractivity contribution in [3.05, 3.63) is 22.2 Å². The molecule has 0 bridgehead atoms. The first kappa shape index (κ1) is 19.7. The van der Waals surface area contributed by atoms with Crippen LogP contribution in [0.2, 0.25) is 0 Å². The number of ether oxygens (including phenoxy) is 3. The predicted molar refractivity (Wildman–Crippen MR) is 99.7 cm³/mol. The van der Waals surface area contributed by atoms with Gasteiger partial charge in [0.2, 0.25) is 0 Å². The fourth-order valence-corrected chi connectivity index (χ4v) is 2.64. The summed E-state index contributed by atoms with van der Waals surface area (Å²) < 4.78 is 16.7. The van der Waals surface area contributed by atoms with Crippen LogP contribution in [0, 0.1) is 0 Å².